The standard InChI is InChI=1S/C26H22O2/c27-24-18-25(28)26(21-14-8-3-9-15-21)23(17-20-12-6-2-7-13-20)22(24)16-19-10-4-1-5-11-19/h1-15,18,27-28H,16-17H2. The third-order valence-electron chi connectivity index (χ3n) is 5.01. The normalized spacial score (nSPS) is 10.7. The third-order valence-corrected chi connectivity index (χ3v) is 5.01. The zero-order chi connectivity index (χ0) is 19.3. The molecular weight excluding hydrogens is 344 g/mol. The van der Waals surface area contributed by atoms with E-state index in [1.165, 1.54) is 6.07 Å². The molecule has 0 unspecified atom stereocenters. The molecule has 0 aromatic heterocycles. The Morgan fingerprint density at radius 3 is 1.50 bits per heavy atom. The van der Waals surface area contributed by atoms with E-state index in [4.69, 9.17) is 0 Å². The first-order valence-corrected chi connectivity index (χ1v) is 9.42. The van der Waals surface area contributed by atoms with Gasteiger partial charge in [0.05, 0.1) is 0 Å². The van der Waals surface area contributed by atoms with E-state index >= 15 is 0 Å². The molecule has 0 saturated carbocycles. The van der Waals surface area contributed by atoms with Gasteiger partial charge < -0.3 is 10.2 Å². The van der Waals surface area contributed by atoms with Crippen molar-refractivity contribution in [2.75, 3.05) is 0 Å². The van der Waals surface area contributed by atoms with Gasteiger partial charge >= 0.3 is 0 Å². The Morgan fingerprint density at radius 2 is 0.964 bits per heavy atom. The Kier molecular flexibility index (Phi) is 5.11. The van der Waals surface area contributed by atoms with Crippen LogP contribution >= 0.6 is 0 Å². The van der Waals surface area contributed by atoms with Crippen LogP contribution in [0, 0.1) is 0 Å². The predicted molar refractivity (Wildman–Crippen MR) is 114 cm³/mol. The molecular formula is C26H22O2. The lowest BCUT2D eigenvalue weighted by molar-refractivity contribution is 0.447. The van der Waals surface area contributed by atoms with Crippen LogP contribution in [0.5, 0.6) is 11.5 Å². The molecule has 0 atom stereocenters. The summed E-state index contributed by atoms with van der Waals surface area (Å²) in [7, 11) is 0. The highest BCUT2D eigenvalue weighted by Gasteiger charge is 2.19. The summed E-state index contributed by atoms with van der Waals surface area (Å²) in [5, 5.41) is 21.5. The second-order valence-electron chi connectivity index (χ2n) is 6.94. The van der Waals surface area contributed by atoms with Crippen molar-refractivity contribution in [1.29, 1.82) is 0 Å². The zero-order valence-electron chi connectivity index (χ0n) is 15.5. The maximum Gasteiger partial charge on any atom is 0.127 e. The number of phenolic OH excluding ortho intramolecular Hbond substituents is 2. The topological polar surface area (TPSA) is 40.5 Å². The van der Waals surface area contributed by atoms with Crippen molar-refractivity contribution in [3.8, 4) is 22.6 Å². The van der Waals surface area contributed by atoms with E-state index < -0.39 is 0 Å². The van der Waals surface area contributed by atoms with Gasteiger partial charge in [-0.25, -0.2) is 0 Å². The molecule has 138 valence electrons. The van der Waals surface area contributed by atoms with E-state index in [9.17, 15) is 10.2 Å². The quantitative estimate of drug-likeness (QED) is 0.458. The van der Waals surface area contributed by atoms with Crippen LogP contribution in [0.3, 0.4) is 0 Å². The average molecular weight is 366 g/mol. The summed E-state index contributed by atoms with van der Waals surface area (Å²) in [6, 6.07) is 31.6. The smallest absolute Gasteiger partial charge is 0.127 e. The predicted octanol–water partition coefficient (Wildman–Crippen LogP) is 5.95. The fourth-order valence-corrected chi connectivity index (χ4v) is 3.67. The third kappa shape index (κ3) is 3.77. The molecule has 0 fully saturated rings. The van der Waals surface area contributed by atoms with Crippen LogP contribution < -0.4 is 0 Å². The van der Waals surface area contributed by atoms with Gasteiger partial charge in [-0.15, -0.1) is 0 Å². The van der Waals surface area contributed by atoms with Crippen molar-refractivity contribution < 1.29 is 10.2 Å². The maximum atomic E-state index is 10.7. The van der Waals surface area contributed by atoms with E-state index in [-0.39, 0.29) is 11.5 Å². The van der Waals surface area contributed by atoms with Gasteiger partial charge in [-0.05, 0) is 28.7 Å². The molecule has 0 spiro atoms. The van der Waals surface area contributed by atoms with Gasteiger partial charge in [0.15, 0.2) is 0 Å². The molecule has 0 bridgehead atoms. The fourth-order valence-electron chi connectivity index (χ4n) is 3.67. The van der Waals surface area contributed by atoms with Gasteiger partial charge in [-0.2, -0.15) is 0 Å². The van der Waals surface area contributed by atoms with Crippen molar-refractivity contribution in [3.05, 3.63) is 119 Å². The van der Waals surface area contributed by atoms with Crippen LogP contribution in [0.25, 0.3) is 11.1 Å². The van der Waals surface area contributed by atoms with Crippen molar-refractivity contribution >= 4 is 0 Å². The van der Waals surface area contributed by atoms with Crippen LogP contribution in [0.4, 0.5) is 0 Å². The summed E-state index contributed by atoms with van der Waals surface area (Å²) < 4.78 is 0. The first kappa shape index (κ1) is 17.9. The molecule has 0 aliphatic carbocycles. The minimum absolute atomic E-state index is 0.103. The maximum absolute atomic E-state index is 10.7. The molecule has 28 heavy (non-hydrogen) atoms. The Labute approximate surface area is 165 Å². The van der Waals surface area contributed by atoms with Gasteiger partial charge in [0.25, 0.3) is 0 Å². The van der Waals surface area contributed by atoms with E-state index in [0.29, 0.717) is 12.8 Å². The lowest BCUT2D eigenvalue weighted by Gasteiger charge is -2.19. The van der Waals surface area contributed by atoms with Crippen LogP contribution in [0.2, 0.25) is 0 Å². The fraction of sp³-hybridized carbons (Fsp3) is 0.0769. The minimum atomic E-state index is 0.103. The van der Waals surface area contributed by atoms with Crippen LogP contribution in [-0.2, 0) is 12.8 Å². The van der Waals surface area contributed by atoms with E-state index in [0.717, 1.165) is 33.4 Å². The molecule has 0 amide bonds. The molecule has 0 aliphatic heterocycles. The molecule has 2 nitrogen and oxygen atoms in total. The molecule has 2 N–H and O–H groups in total. The Hall–Kier alpha value is -3.52. The van der Waals surface area contributed by atoms with Gasteiger partial charge in [0.1, 0.15) is 11.5 Å². The van der Waals surface area contributed by atoms with Gasteiger partial charge in [0, 0.05) is 23.6 Å². The van der Waals surface area contributed by atoms with Crippen LogP contribution in [0.15, 0.2) is 97.1 Å². The first-order chi connectivity index (χ1) is 13.7. The zero-order valence-corrected chi connectivity index (χ0v) is 15.5. The number of hydrogen-bond donors (Lipinski definition) is 2. The summed E-state index contributed by atoms with van der Waals surface area (Å²) in [6.45, 7) is 0. The van der Waals surface area contributed by atoms with E-state index in [1.807, 2.05) is 66.7 Å². The second-order valence-corrected chi connectivity index (χ2v) is 6.94. The van der Waals surface area contributed by atoms with Crippen LogP contribution in [-0.4, -0.2) is 10.2 Å². The average Bonchev–Trinajstić information content (AvgIpc) is 2.73. The SMILES string of the molecule is Oc1cc(O)c(-c2ccccc2)c(Cc2ccccc2)c1Cc1ccccc1. The number of rotatable bonds is 5. The highest BCUT2D eigenvalue weighted by atomic mass is 16.3. The first-order valence-electron chi connectivity index (χ1n) is 9.42. The number of phenols is 2. The summed E-state index contributed by atoms with van der Waals surface area (Å²) in [6.07, 6.45) is 1.24. The number of aromatic hydroxyl groups is 2. The summed E-state index contributed by atoms with van der Waals surface area (Å²) in [5.41, 5.74) is 5.80. The van der Waals surface area contributed by atoms with Crippen molar-refractivity contribution in [2.24, 2.45) is 0 Å². The van der Waals surface area contributed by atoms with Gasteiger partial charge in [-0.3, -0.25) is 0 Å². The highest BCUT2D eigenvalue weighted by molar-refractivity contribution is 5.77. The van der Waals surface area contributed by atoms with Crippen molar-refractivity contribution in [2.45, 2.75) is 12.8 Å². The molecule has 0 radical (unpaired) electrons. The summed E-state index contributed by atoms with van der Waals surface area (Å²) >= 11 is 0. The number of benzene rings is 4. The summed E-state index contributed by atoms with van der Waals surface area (Å²) in [4.78, 5) is 0. The number of hydrogen-bond acceptors (Lipinski definition) is 2. The van der Waals surface area contributed by atoms with Crippen LogP contribution in [0.1, 0.15) is 22.3 Å². The van der Waals surface area contributed by atoms with Gasteiger partial charge in [-0.1, -0.05) is 91.0 Å². The molecule has 4 aromatic rings. The Bertz CT molecular complexity index is 1060. The minimum Gasteiger partial charge on any atom is -0.508 e. The lowest BCUT2D eigenvalue weighted by Crippen LogP contribution is -2.02. The molecule has 0 aliphatic rings. The highest BCUT2D eigenvalue weighted by Crippen LogP contribution is 2.41. The molecule has 4 rings (SSSR count). The Morgan fingerprint density at radius 1 is 0.500 bits per heavy atom. The van der Waals surface area contributed by atoms with E-state index in [2.05, 4.69) is 24.3 Å². The molecule has 2 heteroatoms. The lowest BCUT2D eigenvalue weighted by atomic mass is 9.87. The molecule has 4 aromatic carbocycles. The largest absolute Gasteiger partial charge is 0.508 e. The van der Waals surface area contributed by atoms with Crippen molar-refractivity contribution in [3.63, 3.8) is 0 Å². The molecule has 0 saturated heterocycles. The second kappa shape index (κ2) is 8.01. The summed E-state index contributed by atoms with van der Waals surface area (Å²) in [5.74, 6) is 0.235. The Balaban J connectivity index is 1.91. The van der Waals surface area contributed by atoms with Gasteiger partial charge in [0.2, 0.25) is 0 Å². The van der Waals surface area contributed by atoms with E-state index in [1.54, 1.807) is 0 Å². The van der Waals surface area contributed by atoms with Crippen molar-refractivity contribution in [1.82, 2.24) is 0 Å². The molecule has 0 heterocycles. The monoisotopic (exact) mass is 366 g/mol.